The number of aryl methyl sites for hydroxylation is 2. The molecule has 1 aromatic carbocycles. The fourth-order valence-corrected chi connectivity index (χ4v) is 2.16. The Morgan fingerprint density at radius 1 is 1.41 bits per heavy atom. The molecule has 2 rings (SSSR count). The molecule has 0 bridgehead atoms. The summed E-state index contributed by atoms with van der Waals surface area (Å²) < 4.78 is 1.91. The van der Waals surface area contributed by atoms with E-state index in [0.717, 1.165) is 23.4 Å². The zero-order valence-electron chi connectivity index (χ0n) is 10.0. The Labute approximate surface area is 106 Å². The Morgan fingerprint density at radius 2 is 2.18 bits per heavy atom. The van der Waals surface area contributed by atoms with Gasteiger partial charge in [0.25, 0.3) is 0 Å². The van der Waals surface area contributed by atoms with Crippen LogP contribution in [0.25, 0.3) is 0 Å². The van der Waals surface area contributed by atoms with Crippen LogP contribution in [0.3, 0.4) is 0 Å². The molecule has 1 unspecified atom stereocenters. The fourth-order valence-electron chi connectivity index (χ4n) is 1.98. The van der Waals surface area contributed by atoms with Crippen LogP contribution in [-0.2, 0) is 6.54 Å². The lowest BCUT2D eigenvalue weighted by atomic mass is 9.99. The third-order valence-corrected chi connectivity index (χ3v) is 3.18. The molecule has 0 aliphatic carbocycles. The molecule has 0 saturated heterocycles. The van der Waals surface area contributed by atoms with Crippen molar-refractivity contribution in [1.82, 2.24) is 9.78 Å². The molecule has 90 valence electrons. The average molecular weight is 250 g/mol. The summed E-state index contributed by atoms with van der Waals surface area (Å²) >= 11 is 6.02. The van der Waals surface area contributed by atoms with Crippen LogP contribution in [0.1, 0.15) is 29.8 Å². The van der Waals surface area contributed by atoms with Crippen LogP contribution in [-0.4, -0.2) is 9.78 Å². The number of hydrogen-bond donors (Lipinski definition) is 1. The van der Waals surface area contributed by atoms with Gasteiger partial charge in [0, 0.05) is 17.8 Å². The number of halogens is 1. The monoisotopic (exact) mass is 249 g/mol. The van der Waals surface area contributed by atoms with E-state index in [2.05, 4.69) is 5.10 Å². The molecule has 0 aliphatic rings. The van der Waals surface area contributed by atoms with E-state index in [4.69, 9.17) is 17.3 Å². The lowest BCUT2D eigenvalue weighted by molar-refractivity contribution is 0.600. The molecular formula is C13H16ClN3. The van der Waals surface area contributed by atoms with E-state index in [1.807, 2.05) is 42.8 Å². The fraction of sp³-hybridized carbons (Fsp3) is 0.308. The molecule has 2 N–H and O–H groups in total. The van der Waals surface area contributed by atoms with E-state index >= 15 is 0 Å². The third kappa shape index (κ3) is 2.35. The maximum Gasteiger partial charge on any atom is 0.0726 e. The minimum atomic E-state index is -0.184. The molecule has 0 spiro atoms. The van der Waals surface area contributed by atoms with Gasteiger partial charge < -0.3 is 5.73 Å². The molecule has 0 saturated carbocycles. The zero-order chi connectivity index (χ0) is 12.4. The van der Waals surface area contributed by atoms with Gasteiger partial charge in [-0.15, -0.1) is 0 Å². The standard InChI is InChI=1S/C13H16ClN3/c1-3-17-12(6-7-16-17)13(15)11-8-10(14)5-4-9(11)2/h4-8,13H,3,15H2,1-2H3. The molecule has 1 heterocycles. The summed E-state index contributed by atoms with van der Waals surface area (Å²) in [7, 11) is 0. The summed E-state index contributed by atoms with van der Waals surface area (Å²) in [6.45, 7) is 4.90. The second-order valence-corrected chi connectivity index (χ2v) is 4.49. The SMILES string of the molecule is CCn1nccc1C(N)c1cc(Cl)ccc1C. The molecule has 2 aromatic rings. The second kappa shape index (κ2) is 4.90. The minimum absolute atomic E-state index is 0.184. The summed E-state index contributed by atoms with van der Waals surface area (Å²) in [4.78, 5) is 0. The summed E-state index contributed by atoms with van der Waals surface area (Å²) in [6.07, 6.45) is 1.78. The Kier molecular flexibility index (Phi) is 3.50. The van der Waals surface area contributed by atoms with Gasteiger partial charge in [-0.3, -0.25) is 4.68 Å². The van der Waals surface area contributed by atoms with Gasteiger partial charge in [-0.2, -0.15) is 5.10 Å². The van der Waals surface area contributed by atoms with Crippen molar-refractivity contribution in [2.45, 2.75) is 26.4 Å². The number of nitrogens with two attached hydrogens (primary N) is 1. The number of rotatable bonds is 3. The zero-order valence-corrected chi connectivity index (χ0v) is 10.8. The molecule has 17 heavy (non-hydrogen) atoms. The summed E-state index contributed by atoms with van der Waals surface area (Å²) in [5.74, 6) is 0. The maximum absolute atomic E-state index is 6.29. The van der Waals surface area contributed by atoms with Gasteiger partial charge in [-0.05, 0) is 43.2 Å². The Balaban J connectivity index is 2.43. The Hall–Kier alpha value is -1.32. The lowest BCUT2D eigenvalue weighted by Gasteiger charge is -2.16. The molecule has 4 heteroatoms. The molecule has 0 amide bonds. The van der Waals surface area contributed by atoms with Crippen molar-refractivity contribution >= 4 is 11.6 Å². The van der Waals surface area contributed by atoms with Crippen molar-refractivity contribution in [1.29, 1.82) is 0 Å². The van der Waals surface area contributed by atoms with E-state index in [9.17, 15) is 0 Å². The van der Waals surface area contributed by atoms with E-state index in [-0.39, 0.29) is 6.04 Å². The third-order valence-electron chi connectivity index (χ3n) is 2.94. The van der Waals surface area contributed by atoms with Crippen molar-refractivity contribution in [3.05, 3.63) is 52.3 Å². The van der Waals surface area contributed by atoms with Gasteiger partial charge in [-0.25, -0.2) is 0 Å². The summed E-state index contributed by atoms with van der Waals surface area (Å²) in [6, 6.07) is 7.56. The number of benzene rings is 1. The van der Waals surface area contributed by atoms with Crippen LogP contribution in [0.5, 0.6) is 0 Å². The van der Waals surface area contributed by atoms with E-state index in [1.165, 1.54) is 0 Å². The van der Waals surface area contributed by atoms with Crippen molar-refractivity contribution in [3.63, 3.8) is 0 Å². The normalized spacial score (nSPS) is 12.7. The first-order chi connectivity index (χ1) is 8.13. The topological polar surface area (TPSA) is 43.8 Å². The first-order valence-corrected chi connectivity index (χ1v) is 6.04. The molecule has 0 radical (unpaired) electrons. The largest absolute Gasteiger partial charge is 0.319 e. The average Bonchev–Trinajstić information content (AvgIpc) is 2.79. The molecular weight excluding hydrogens is 234 g/mol. The van der Waals surface area contributed by atoms with E-state index in [0.29, 0.717) is 5.02 Å². The second-order valence-electron chi connectivity index (χ2n) is 4.05. The van der Waals surface area contributed by atoms with Gasteiger partial charge in [0.2, 0.25) is 0 Å². The highest BCUT2D eigenvalue weighted by Crippen LogP contribution is 2.25. The molecule has 0 fully saturated rings. The Bertz CT molecular complexity index is 519. The maximum atomic E-state index is 6.29. The quantitative estimate of drug-likeness (QED) is 0.909. The van der Waals surface area contributed by atoms with E-state index in [1.54, 1.807) is 6.20 Å². The van der Waals surface area contributed by atoms with Gasteiger partial charge >= 0.3 is 0 Å². The van der Waals surface area contributed by atoms with Gasteiger partial charge in [0.15, 0.2) is 0 Å². The molecule has 1 atom stereocenters. The first-order valence-electron chi connectivity index (χ1n) is 5.66. The molecule has 0 aliphatic heterocycles. The van der Waals surface area contributed by atoms with Crippen molar-refractivity contribution in [3.8, 4) is 0 Å². The Morgan fingerprint density at radius 3 is 2.88 bits per heavy atom. The van der Waals surface area contributed by atoms with Crippen LogP contribution in [0.15, 0.2) is 30.5 Å². The minimum Gasteiger partial charge on any atom is -0.319 e. The van der Waals surface area contributed by atoms with Crippen LogP contribution < -0.4 is 5.73 Å². The summed E-state index contributed by atoms with van der Waals surface area (Å²) in [5, 5.41) is 4.95. The van der Waals surface area contributed by atoms with Gasteiger partial charge in [-0.1, -0.05) is 17.7 Å². The highest BCUT2D eigenvalue weighted by atomic mass is 35.5. The highest BCUT2D eigenvalue weighted by Gasteiger charge is 2.15. The molecule has 3 nitrogen and oxygen atoms in total. The number of aromatic nitrogens is 2. The van der Waals surface area contributed by atoms with Crippen LogP contribution in [0.2, 0.25) is 5.02 Å². The predicted molar refractivity (Wildman–Crippen MR) is 70.1 cm³/mol. The first kappa shape index (κ1) is 12.1. The number of nitrogens with zero attached hydrogens (tertiary/aromatic N) is 2. The predicted octanol–water partition coefficient (Wildman–Crippen LogP) is 2.91. The van der Waals surface area contributed by atoms with Crippen molar-refractivity contribution in [2.24, 2.45) is 5.73 Å². The van der Waals surface area contributed by atoms with Gasteiger partial charge in [0.1, 0.15) is 0 Å². The van der Waals surface area contributed by atoms with Gasteiger partial charge in [0.05, 0.1) is 11.7 Å². The van der Waals surface area contributed by atoms with Crippen molar-refractivity contribution < 1.29 is 0 Å². The van der Waals surface area contributed by atoms with E-state index < -0.39 is 0 Å². The smallest absolute Gasteiger partial charge is 0.0726 e. The number of hydrogen-bond acceptors (Lipinski definition) is 2. The van der Waals surface area contributed by atoms with Crippen LogP contribution in [0, 0.1) is 6.92 Å². The van der Waals surface area contributed by atoms with Crippen molar-refractivity contribution in [2.75, 3.05) is 0 Å². The van der Waals surface area contributed by atoms with Crippen LogP contribution in [0.4, 0.5) is 0 Å². The van der Waals surface area contributed by atoms with Crippen LogP contribution >= 0.6 is 11.6 Å². The summed E-state index contributed by atoms with van der Waals surface area (Å²) in [5.41, 5.74) is 9.49. The lowest BCUT2D eigenvalue weighted by Crippen LogP contribution is -2.18. The highest BCUT2D eigenvalue weighted by molar-refractivity contribution is 6.30. The molecule has 1 aromatic heterocycles.